The van der Waals surface area contributed by atoms with Gasteiger partial charge in [0.2, 0.25) is 0 Å². The van der Waals surface area contributed by atoms with Crippen molar-refractivity contribution in [3.8, 4) is 0 Å². The third-order valence-electron chi connectivity index (χ3n) is 3.78. The van der Waals surface area contributed by atoms with E-state index in [1.165, 1.54) is 57.8 Å². The van der Waals surface area contributed by atoms with E-state index in [9.17, 15) is 0 Å². The van der Waals surface area contributed by atoms with E-state index >= 15 is 0 Å². The van der Waals surface area contributed by atoms with E-state index in [-0.39, 0.29) is 6.10 Å². The first-order valence-corrected chi connectivity index (χ1v) is 9.36. The zero-order chi connectivity index (χ0) is 15.8. The average molecular weight is 301 g/mol. The monoisotopic (exact) mass is 300 g/mol. The second-order valence-electron chi connectivity index (χ2n) is 6.77. The summed E-state index contributed by atoms with van der Waals surface area (Å²) in [6, 6.07) is 0. The fraction of sp³-hybridized carbons (Fsp3) is 1.00. The van der Waals surface area contributed by atoms with Crippen molar-refractivity contribution in [3.63, 3.8) is 0 Å². The molecule has 0 aromatic rings. The van der Waals surface area contributed by atoms with Gasteiger partial charge in [0.05, 0.1) is 12.7 Å². The molecule has 1 unspecified atom stereocenters. The van der Waals surface area contributed by atoms with E-state index < -0.39 is 0 Å². The van der Waals surface area contributed by atoms with Crippen LogP contribution in [0.3, 0.4) is 0 Å². The van der Waals surface area contributed by atoms with E-state index in [2.05, 4.69) is 27.7 Å². The highest BCUT2D eigenvalue weighted by molar-refractivity contribution is 4.50. The van der Waals surface area contributed by atoms with Gasteiger partial charge in [-0.2, -0.15) is 0 Å². The Bertz CT molecular complexity index is 192. The van der Waals surface area contributed by atoms with Crippen LogP contribution >= 0.6 is 0 Å². The highest BCUT2D eigenvalue weighted by Crippen LogP contribution is 2.12. The maximum absolute atomic E-state index is 5.65. The molecule has 0 aliphatic rings. The van der Waals surface area contributed by atoms with E-state index in [1.807, 2.05) is 0 Å². The summed E-state index contributed by atoms with van der Waals surface area (Å²) in [6.45, 7) is 11.4. The molecule has 0 aliphatic heterocycles. The summed E-state index contributed by atoms with van der Waals surface area (Å²) in [7, 11) is 0. The van der Waals surface area contributed by atoms with Crippen molar-refractivity contribution in [2.24, 2.45) is 5.92 Å². The zero-order valence-electron chi connectivity index (χ0n) is 15.2. The van der Waals surface area contributed by atoms with E-state index in [0.717, 1.165) is 32.2 Å². The van der Waals surface area contributed by atoms with Gasteiger partial charge in [0.1, 0.15) is 0 Å². The summed E-state index contributed by atoms with van der Waals surface area (Å²) in [5, 5.41) is 0. The molecule has 0 N–H and O–H groups in total. The smallest absolute Gasteiger partial charge is 0.0780 e. The minimum absolute atomic E-state index is 0.246. The van der Waals surface area contributed by atoms with Gasteiger partial charge < -0.3 is 9.47 Å². The molecular weight excluding hydrogens is 260 g/mol. The highest BCUT2D eigenvalue weighted by atomic mass is 16.5. The number of hydrogen-bond donors (Lipinski definition) is 0. The molecule has 2 nitrogen and oxygen atoms in total. The summed E-state index contributed by atoms with van der Waals surface area (Å²) in [5.74, 6) is 0.875. The highest BCUT2D eigenvalue weighted by Gasteiger charge is 2.01. The topological polar surface area (TPSA) is 18.5 Å². The average Bonchev–Trinajstić information content (AvgIpc) is 2.45. The van der Waals surface area contributed by atoms with Crippen LogP contribution in [0.4, 0.5) is 0 Å². The van der Waals surface area contributed by atoms with Crippen LogP contribution in [-0.4, -0.2) is 25.9 Å². The SMILES string of the molecule is CCCOC(C)COCCCCCCCCCCC(C)C. The molecule has 0 aromatic heterocycles. The third-order valence-corrected chi connectivity index (χ3v) is 3.78. The molecule has 0 aliphatic carbocycles. The van der Waals surface area contributed by atoms with Gasteiger partial charge >= 0.3 is 0 Å². The van der Waals surface area contributed by atoms with Crippen LogP contribution in [0, 0.1) is 5.92 Å². The van der Waals surface area contributed by atoms with Crippen molar-refractivity contribution >= 4 is 0 Å². The Kier molecular flexibility index (Phi) is 16.2. The lowest BCUT2D eigenvalue weighted by Crippen LogP contribution is -2.16. The summed E-state index contributed by atoms with van der Waals surface area (Å²) in [4.78, 5) is 0. The van der Waals surface area contributed by atoms with Crippen LogP contribution in [0.1, 0.15) is 91.9 Å². The van der Waals surface area contributed by atoms with Crippen LogP contribution in [0.2, 0.25) is 0 Å². The first-order valence-electron chi connectivity index (χ1n) is 9.36. The lowest BCUT2D eigenvalue weighted by atomic mass is 10.0. The van der Waals surface area contributed by atoms with Gasteiger partial charge in [-0.05, 0) is 25.7 Å². The summed E-state index contributed by atoms with van der Waals surface area (Å²) in [6.07, 6.45) is 13.7. The quantitative estimate of drug-likeness (QED) is 0.326. The summed E-state index contributed by atoms with van der Waals surface area (Å²) >= 11 is 0. The lowest BCUT2D eigenvalue weighted by molar-refractivity contribution is -0.00715. The molecule has 0 heterocycles. The largest absolute Gasteiger partial charge is 0.379 e. The Balaban J connectivity index is 3.05. The molecule has 0 radical (unpaired) electrons. The molecule has 2 heteroatoms. The summed E-state index contributed by atoms with van der Waals surface area (Å²) in [5.41, 5.74) is 0. The Hall–Kier alpha value is -0.0800. The molecule has 0 spiro atoms. The van der Waals surface area contributed by atoms with Gasteiger partial charge in [0.15, 0.2) is 0 Å². The Morgan fingerprint density at radius 2 is 1.29 bits per heavy atom. The molecule has 0 fully saturated rings. The predicted molar refractivity (Wildman–Crippen MR) is 92.9 cm³/mol. The Morgan fingerprint density at radius 1 is 0.714 bits per heavy atom. The lowest BCUT2D eigenvalue weighted by Gasteiger charge is -2.12. The second kappa shape index (κ2) is 16.3. The van der Waals surface area contributed by atoms with Gasteiger partial charge in [-0.15, -0.1) is 0 Å². The molecule has 0 aromatic carbocycles. The van der Waals surface area contributed by atoms with Crippen LogP contribution in [0.15, 0.2) is 0 Å². The second-order valence-corrected chi connectivity index (χ2v) is 6.77. The van der Waals surface area contributed by atoms with Gasteiger partial charge in [0.25, 0.3) is 0 Å². The fourth-order valence-corrected chi connectivity index (χ4v) is 2.43. The van der Waals surface area contributed by atoms with E-state index in [0.29, 0.717) is 0 Å². The van der Waals surface area contributed by atoms with Gasteiger partial charge in [0, 0.05) is 13.2 Å². The van der Waals surface area contributed by atoms with Crippen molar-refractivity contribution in [2.45, 2.75) is 98.0 Å². The maximum atomic E-state index is 5.65. The minimum atomic E-state index is 0.246. The molecule has 1 atom stereocenters. The predicted octanol–water partition coefficient (Wildman–Crippen LogP) is 5.99. The van der Waals surface area contributed by atoms with Crippen molar-refractivity contribution < 1.29 is 9.47 Å². The molecule has 0 saturated carbocycles. The number of unbranched alkanes of at least 4 members (excludes halogenated alkanes) is 7. The van der Waals surface area contributed by atoms with Crippen LogP contribution in [0.5, 0.6) is 0 Å². The Morgan fingerprint density at radius 3 is 1.86 bits per heavy atom. The van der Waals surface area contributed by atoms with Crippen molar-refractivity contribution in [1.29, 1.82) is 0 Å². The number of rotatable bonds is 16. The van der Waals surface area contributed by atoms with Crippen LogP contribution in [-0.2, 0) is 9.47 Å². The van der Waals surface area contributed by atoms with Gasteiger partial charge in [-0.25, -0.2) is 0 Å². The maximum Gasteiger partial charge on any atom is 0.0780 e. The molecular formula is C19H40O2. The first-order chi connectivity index (χ1) is 10.2. The molecule has 0 rings (SSSR count). The zero-order valence-corrected chi connectivity index (χ0v) is 15.2. The van der Waals surface area contributed by atoms with Crippen molar-refractivity contribution in [2.75, 3.05) is 19.8 Å². The fourth-order valence-electron chi connectivity index (χ4n) is 2.43. The minimum Gasteiger partial charge on any atom is -0.379 e. The normalized spacial score (nSPS) is 13.0. The molecule has 0 amide bonds. The Labute approximate surface area is 134 Å². The van der Waals surface area contributed by atoms with Crippen molar-refractivity contribution in [3.05, 3.63) is 0 Å². The van der Waals surface area contributed by atoms with E-state index in [1.54, 1.807) is 0 Å². The van der Waals surface area contributed by atoms with Crippen LogP contribution in [0.25, 0.3) is 0 Å². The van der Waals surface area contributed by atoms with Crippen LogP contribution < -0.4 is 0 Å². The van der Waals surface area contributed by atoms with E-state index in [4.69, 9.17) is 9.47 Å². The molecule has 21 heavy (non-hydrogen) atoms. The van der Waals surface area contributed by atoms with Gasteiger partial charge in [-0.3, -0.25) is 0 Å². The molecule has 128 valence electrons. The first kappa shape index (κ1) is 20.9. The van der Waals surface area contributed by atoms with Gasteiger partial charge in [-0.1, -0.05) is 72.1 Å². The molecule has 0 saturated heterocycles. The molecule has 0 bridgehead atoms. The standard InChI is InChI=1S/C19H40O2/c1-5-15-21-19(4)17-20-16-13-11-9-7-6-8-10-12-14-18(2)3/h18-19H,5-17H2,1-4H3. The number of ether oxygens (including phenoxy) is 2. The summed E-state index contributed by atoms with van der Waals surface area (Å²) < 4.78 is 11.2. The third kappa shape index (κ3) is 17.9. The number of hydrogen-bond acceptors (Lipinski definition) is 2. The van der Waals surface area contributed by atoms with Crippen molar-refractivity contribution in [1.82, 2.24) is 0 Å².